The summed E-state index contributed by atoms with van der Waals surface area (Å²) in [6.45, 7) is 5.78. The molecule has 6 nitrogen and oxygen atoms in total. The Labute approximate surface area is 154 Å². The SMILES string of the molecule is C=CC(=O)N1CCC(C(=O)N2CCN(C)C(=O)C2)(c2ccccc2)CC1. The van der Waals surface area contributed by atoms with Crippen LogP contribution in [0.5, 0.6) is 0 Å². The third-order valence-electron chi connectivity index (χ3n) is 5.58. The van der Waals surface area contributed by atoms with Gasteiger partial charge in [-0.1, -0.05) is 36.9 Å². The maximum atomic E-state index is 13.5. The fraction of sp³-hybridized carbons (Fsp3) is 0.450. The lowest BCUT2D eigenvalue weighted by Gasteiger charge is -2.44. The Kier molecular flexibility index (Phi) is 5.11. The monoisotopic (exact) mass is 355 g/mol. The number of rotatable bonds is 3. The van der Waals surface area contributed by atoms with Gasteiger partial charge in [0.2, 0.25) is 17.7 Å². The number of nitrogens with zero attached hydrogens (tertiary/aromatic N) is 3. The van der Waals surface area contributed by atoms with Crippen LogP contribution in [0.15, 0.2) is 43.0 Å². The van der Waals surface area contributed by atoms with E-state index in [-0.39, 0.29) is 24.3 Å². The normalized spacial score (nSPS) is 20.0. The van der Waals surface area contributed by atoms with Crippen LogP contribution in [-0.2, 0) is 19.8 Å². The molecule has 2 heterocycles. The van der Waals surface area contributed by atoms with Crippen LogP contribution in [0.25, 0.3) is 0 Å². The van der Waals surface area contributed by atoms with Crippen molar-refractivity contribution in [1.82, 2.24) is 14.7 Å². The number of benzene rings is 1. The van der Waals surface area contributed by atoms with Crippen LogP contribution in [-0.4, -0.2) is 72.2 Å². The average molecular weight is 355 g/mol. The molecule has 0 saturated carbocycles. The molecular formula is C20H25N3O3. The highest BCUT2D eigenvalue weighted by Gasteiger charge is 2.46. The topological polar surface area (TPSA) is 60.9 Å². The second kappa shape index (κ2) is 7.32. The zero-order valence-electron chi connectivity index (χ0n) is 15.2. The molecule has 0 spiro atoms. The lowest BCUT2D eigenvalue weighted by atomic mass is 9.71. The lowest BCUT2D eigenvalue weighted by molar-refractivity contribution is -0.149. The summed E-state index contributed by atoms with van der Waals surface area (Å²) in [7, 11) is 1.76. The minimum absolute atomic E-state index is 0.00384. The van der Waals surface area contributed by atoms with E-state index >= 15 is 0 Å². The number of likely N-dealkylation sites (tertiary alicyclic amines) is 1. The minimum atomic E-state index is -0.685. The molecule has 3 rings (SSSR count). The molecule has 1 aromatic rings. The van der Waals surface area contributed by atoms with E-state index in [1.807, 2.05) is 30.3 Å². The molecular weight excluding hydrogens is 330 g/mol. The minimum Gasteiger partial charge on any atom is -0.342 e. The lowest BCUT2D eigenvalue weighted by Crippen LogP contribution is -2.58. The van der Waals surface area contributed by atoms with Gasteiger partial charge in [0.1, 0.15) is 0 Å². The van der Waals surface area contributed by atoms with Crippen molar-refractivity contribution in [2.24, 2.45) is 0 Å². The second-order valence-electron chi connectivity index (χ2n) is 7.02. The van der Waals surface area contributed by atoms with Crippen molar-refractivity contribution in [3.63, 3.8) is 0 Å². The maximum absolute atomic E-state index is 13.5. The van der Waals surface area contributed by atoms with Gasteiger partial charge in [0.15, 0.2) is 0 Å². The Balaban J connectivity index is 1.88. The Morgan fingerprint density at radius 3 is 2.27 bits per heavy atom. The van der Waals surface area contributed by atoms with E-state index < -0.39 is 5.41 Å². The Bertz CT molecular complexity index is 708. The van der Waals surface area contributed by atoms with Crippen LogP contribution in [0.2, 0.25) is 0 Å². The van der Waals surface area contributed by atoms with Crippen molar-refractivity contribution in [2.75, 3.05) is 39.8 Å². The molecule has 0 N–H and O–H groups in total. The van der Waals surface area contributed by atoms with E-state index in [1.165, 1.54) is 6.08 Å². The van der Waals surface area contributed by atoms with Gasteiger partial charge >= 0.3 is 0 Å². The van der Waals surface area contributed by atoms with Gasteiger partial charge in [-0.15, -0.1) is 0 Å². The van der Waals surface area contributed by atoms with Crippen LogP contribution in [0, 0.1) is 0 Å². The predicted octanol–water partition coefficient (Wildman–Crippen LogP) is 1.03. The summed E-state index contributed by atoms with van der Waals surface area (Å²) >= 11 is 0. The molecule has 0 bridgehead atoms. The summed E-state index contributed by atoms with van der Waals surface area (Å²) in [5, 5.41) is 0. The zero-order chi connectivity index (χ0) is 18.7. The maximum Gasteiger partial charge on any atom is 0.245 e. The molecule has 3 amide bonds. The van der Waals surface area contributed by atoms with Gasteiger partial charge in [0.25, 0.3) is 0 Å². The van der Waals surface area contributed by atoms with E-state index in [9.17, 15) is 14.4 Å². The van der Waals surface area contributed by atoms with E-state index in [0.29, 0.717) is 39.0 Å². The molecule has 2 aliphatic heterocycles. The molecule has 26 heavy (non-hydrogen) atoms. The van der Waals surface area contributed by atoms with E-state index in [1.54, 1.807) is 21.7 Å². The number of piperidine rings is 1. The summed E-state index contributed by atoms with van der Waals surface area (Å²) in [5.41, 5.74) is 0.275. The van der Waals surface area contributed by atoms with Crippen molar-refractivity contribution in [3.05, 3.63) is 48.6 Å². The first-order valence-electron chi connectivity index (χ1n) is 8.98. The molecule has 0 atom stereocenters. The first-order chi connectivity index (χ1) is 12.5. The third kappa shape index (κ3) is 3.23. The average Bonchev–Trinajstić information content (AvgIpc) is 2.69. The van der Waals surface area contributed by atoms with Crippen molar-refractivity contribution in [2.45, 2.75) is 18.3 Å². The first-order valence-corrected chi connectivity index (χ1v) is 8.98. The molecule has 6 heteroatoms. The molecule has 0 aliphatic carbocycles. The van der Waals surface area contributed by atoms with Gasteiger partial charge in [-0.3, -0.25) is 14.4 Å². The molecule has 1 aromatic carbocycles. The molecule has 138 valence electrons. The number of likely N-dealkylation sites (N-methyl/N-ethyl adjacent to an activating group) is 1. The predicted molar refractivity (Wildman–Crippen MR) is 98.3 cm³/mol. The zero-order valence-corrected chi connectivity index (χ0v) is 15.2. The number of amides is 3. The van der Waals surface area contributed by atoms with E-state index in [0.717, 1.165) is 5.56 Å². The van der Waals surface area contributed by atoms with Crippen molar-refractivity contribution in [1.29, 1.82) is 0 Å². The van der Waals surface area contributed by atoms with Crippen molar-refractivity contribution >= 4 is 17.7 Å². The fourth-order valence-corrected chi connectivity index (χ4v) is 3.86. The van der Waals surface area contributed by atoms with Crippen LogP contribution < -0.4 is 0 Å². The summed E-state index contributed by atoms with van der Waals surface area (Å²) in [6, 6.07) is 9.74. The summed E-state index contributed by atoms with van der Waals surface area (Å²) in [4.78, 5) is 42.6. The molecule has 2 fully saturated rings. The number of hydrogen-bond acceptors (Lipinski definition) is 3. The molecule has 2 saturated heterocycles. The molecule has 2 aliphatic rings. The standard InChI is InChI=1S/C20H25N3O3/c1-3-17(24)22-11-9-20(10-12-22,16-7-5-4-6-8-16)19(26)23-14-13-21(2)18(25)15-23/h3-8H,1,9-15H2,2H3. The van der Waals surface area contributed by atoms with Crippen LogP contribution in [0.1, 0.15) is 18.4 Å². The Morgan fingerprint density at radius 1 is 1.04 bits per heavy atom. The Morgan fingerprint density at radius 2 is 1.69 bits per heavy atom. The highest BCUT2D eigenvalue weighted by molar-refractivity contribution is 5.93. The van der Waals surface area contributed by atoms with Crippen LogP contribution >= 0.6 is 0 Å². The van der Waals surface area contributed by atoms with Gasteiger partial charge in [0, 0.05) is 33.2 Å². The van der Waals surface area contributed by atoms with Crippen LogP contribution in [0.4, 0.5) is 0 Å². The van der Waals surface area contributed by atoms with Gasteiger partial charge in [-0.2, -0.15) is 0 Å². The van der Waals surface area contributed by atoms with E-state index in [2.05, 4.69) is 6.58 Å². The van der Waals surface area contributed by atoms with Crippen molar-refractivity contribution in [3.8, 4) is 0 Å². The fourth-order valence-electron chi connectivity index (χ4n) is 3.86. The third-order valence-corrected chi connectivity index (χ3v) is 5.58. The number of carbonyl (C=O) groups excluding carboxylic acids is 3. The van der Waals surface area contributed by atoms with Crippen molar-refractivity contribution < 1.29 is 14.4 Å². The highest BCUT2D eigenvalue weighted by Crippen LogP contribution is 2.37. The summed E-state index contributed by atoms with van der Waals surface area (Å²) < 4.78 is 0. The molecule has 0 radical (unpaired) electrons. The smallest absolute Gasteiger partial charge is 0.245 e. The highest BCUT2D eigenvalue weighted by atomic mass is 16.2. The van der Waals surface area contributed by atoms with Gasteiger partial charge < -0.3 is 14.7 Å². The number of carbonyl (C=O) groups is 3. The number of piperazine rings is 1. The quantitative estimate of drug-likeness (QED) is 0.761. The molecule has 0 aromatic heterocycles. The van der Waals surface area contributed by atoms with Gasteiger partial charge in [-0.05, 0) is 24.5 Å². The van der Waals surface area contributed by atoms with Gasteiger partial charge in [-0.25, -0.2) is 0 Å². The molecule has 0 unspecified atom stereocenters. The van der Waals surface area contributed by atoms with E-state index in [4.69, 9.17) is 0 Å². The van der Waals surface area contributed by atoms with Crippen LogP contribution in [0.3, 0.4) is 0 Å². The number of hydrogen-bond donors (Lipinski definition) is 0. The summed E-state index contributed by atoms with van der Waals surface area (Å²) in [6.07, 6.45) is 2.42. The van der Waals surface area contributed by atoms with Gasteiger partial charge in [0.05, 0.1) is 12.0 Å². The largest absolute Gasteiger partial charge is 0.342 e. The first kappa shape index (κ1) is 18.2. The second-order valence-corrected chi connectivity index (χ2v) is 7.02. The Hall–Kier alpha value is -2.63. The summed E-state index contributed by atoms with van der Waals surface area (Å²) in [5.74, 6) is -0.142.